The van der Waals surface area contributed by atoms with Gasteiger partial charge in [-0.05, 0) is 41.3 Å². The maximum absolute atomic E-state index is 13.5. The van der Waals surface area contributed by atoms with Crippen LogP contribution in [-0.4, -0.2) is 15.0 Å². The maximum Gasteiger partial charge on any atom is 0.255 e. The van der Waals surface area contributed by atoms with Crippen LogP contribution in [0.3, 0.4) is 0 Å². The molecule has 0 aliphatic heterocycles. The molecule has 0 aliphatic carbocycles. The van der Waals surface area contributed by atoms with Gasteiger partial charge in [0.25, 0.3) is 5.56 Å². The van der Waals surface area contributed by atoms with Crippen LogP contribution in [0, 0.1) is 5.82 Å². The van der Waals surface area contributed by atoms with Crippen molar-refractivity contribution in [3.8, 4) is 0 Å². The number of rotatable bonds is 2. The second-order valence-corrected chi connectivity index (χ2v) is 4.41. The molecule has 3 aromatic rings. The summed E-state index contributed by atoms with van der Waals surface area (Å²) in [6, 6.07) is 6.79. The van der Waals surface area contributed by atoms with Crippen LogP contribution in [0.5, 0.6) is 0 Å². The van der Waals surface area contributed by atoms with E-state index in [1.807, 2.05) is 0 Å². The van der Waals surface area contributed by atoms with Crippen molar-refractivity contribution in [2.24, 2.45) is 0 Å². The molecule has 0 radical (unpaired) electrons. The normalized spacial score (nSPS) is 10.7. The van der Waals surface area contributed by atoms with Crippen molar-refractivity contribution in [1.29, 1.82) is 0 Å². The van der Waals surface area contributed by atoms with Crippen LogP contribution in [0.1, 0.15) is 0 Å². The lowest BCUT2D eigenvalue weighted by atomic mass is 10.1. The highest BCUT2D eigenvalue weighted by Gasteiger charge is 2.07. The molecule has 1 aromatic carbocycles. The Balaban J connectivity index is 2.03. The summed E-state index contributed by atoms with van der Waals surface area (Å²) in [5.41, 5.74) is 0.419. The number of benzene rings is 1. The van der Waals surface area contributed by atoms with Gasteiger partial charge in [0.05, 0.1) is 6.20 Å². The smallest absolute Gasteiger partial charge is 0.255 e. The predicted molar refractivity (Wildman–Crippen MR) is 74.9 cm³/mol. The molecule has 2 aromatic heterocycles. The number of nitrogens with zero attached hydrogens (tertiary/aromatic N) is 2. The molecule has 5 nitrogen and oxygen atoms in total. The van der Waals surface area contributed by atoms with Crippen LogP contribution >= 0.6 is 11.6 Å². The van der Waals surface area contributed by atoms with E-state index in [-0.39, 0.29) is 16.7 Å². The second-order valence-electron chi connectivity index (χ2n) is 4.07. The molecule has 0 unspecified atom stereocenters. The fourth-order valence-electron chi connectivity index (χ4n) is 1.84. The number of pyridine rings is 1. The summed E-state index contributed by atoms with van der Waals surface area (Å²) in [7, 11) is 0. The lowest BCUT2D eigenvalue weighted by molar-refractivity contribution is 0.619. The Morgan fingerprint density at radius 3 is 3.00 bits per heavy atom. The van der Waals surface area contributed by atoms with E-state index in [2.05, 4.69) is 20.3 Å². The van der Waals surface area contributed by atoms with Crippen molar-refractivity contribution in [3.05, 3.63) is 58.1 Å². The monoisotopic (exact) mass is 290 g/mol. The molecule has 0 spiro atoms. The molecule has 3 rings (SSSR count). The number of fused-ring (bicyclic) bond motifs is 1. The quantitative estimate of drug-likeness (QED) is 0.712. The molecule has 0 atom stereocenters. The van der Waals surface area contributed by atoms with Crippen molar-refractivity contribution in [1.82, 2.24) is 15.0 Å². The standard InChI is InChI=1S/C13H8ClFN4O/c14-13-17-6-10(15)11(19-13)18-8-1-2-9-7(5-8)3-4-16-12(9)20/h1-6H,(H,16,20)(H,17,18,19). The third kappa shape index (κ3) is 2.33. The SMILES string of the molecule is O=c1[nH]ccc2cc(Nc3nc(Cl)ncc3F)ccc12. The van der Waals surface area contributed by atoms with Gasteiger partial charge in [0.2, 0.25) is 5.28 Å². The van der Waals surface area contributed by atoms with E-state index < -0.39 is 5.82 Å². The van der Waals surface area contributed by atoms with Crippen molar-refractivity contribution >= 4 is 33.9 Å². The zero-order chi connectivity index (χ0) is 14.1. The van der Waals surface area contributed by atoms with E-state index >= 15 is 0 Å². The number of hydrogen-bond acceptors (Lipinski definition) is 4. The predicted octanol–water partition coefficient (Wildman–Crippen LogP) is 2.85. The molecule has 0 saturated heterocycles. The number of H-pyrrole nitrogens is 1. The highest BCUT2D eigenvalue weighted by molar-refractivity contribution is 6.28. The van der Waals surface area contributed by atoms with Crippen molar-refractivity contribution in [2.75, 3.05) is 5.32 Å². The Kier molecular flexibility index (Phi) is 3.08. The first-order valence-corrected chi connectivity index (χ1v) is 6.08. The van der Waals surface area contributed by atoms with E-state index in [1.54, 1.807) is 30.5 Å². The van der Waals surface area contributed by atoms with Gasteiger partial charge < -0.3 is 10.3 Å². The lowest BCUT2D eigenvalue weighted by Gasteiger charge is -2.07. The van der Waals surface area contributed by atoms with Gasteiger partial charge in [-0.15, -0.1) is 0 Å². The average molecular weight is 291 g/mol. The summed E-state index contributed by atoms with van der Waals surface area (Å²) >= 11 is 5.62. The molecule has 2 heterocycles. The maximum atomic E-state index is 13.5. The molecular formula is C13H8ClFN4O. The molecule has 100 valence electrons. The van der Waals surface area contributed by atoms with Gasteiger partial charge in [0, 0.05) is 17.3 Å². The zero-order valence-electron chi connectivity index (χ0n) is 10.0. The first-order chi connectivity index (χ1) is 9.63. The van der Waals surface area contributed by atoms with Crippen LogP contribution in [0.15, 0.2) is 41.5 Å². The molecule has 0 aliphatic rings. The second kappa shape index (κ2) is 4.90. The van der Waals surface area contributed by atoms with E-state index in [0.29, 0.717) is 11.1 Å². The molecule has 0 saturated carbocycles. The molecule has 20 heavy (non-hydrogen) atoms. The number of halogens is 2. The van der Waals surface area contributed by atoms with E-state index in [4.69, 9.17) is 11.6 Å². The van der Waals surface area contributed by atoms with Crippen molar-refractivity contribution in [3.63, 3.8) is 0 Å². The molecule has 0 amide bonds. The van der Waals surface area contributed by atoms with Gasteiger partial charge in [0.1, 0.15) is 0 Å². The summed E-state index contributed by atoms with van der Waals surface area (Å²) < 4.78 is 13.5. The Morgan fingerprint density at radius 1 is 1.30 bits per heavy atom. The van der Waals surface area contributed by atoms with Crippen molar-refractivity contribution < 1.29 is 4.39 Å². The summed E-state index contributed by atoms with van der Waals surface area (Å²) in [5.74, 6) is -0.630. The highest BCUT2D eigenvalue weighted by atomic mass is 35.5. The summed E-state index contributed by atoms with van der Waals surface area (Å²) in [5, 5.41) is 4.04. The molecule has 7 heteroatoms. The Bertz CT molecular complexity index is 849. The lowest BCUT2D eigenvalue weighted by Crippen LogP contribution is -2.04. The summed E-state index contributed by atoms with van der Waals surface area (Å²) in [6.07, 6.45) is 2.54. The largest absolute Gasteiger partial charge is 0.338 e. The summed E-state index contributed by atoms with van der Waals surface area (Å²) in [6.45, 7) is 0. The van der Waals surface area contributed by atoms with E-state index in [1.165, 1.54) is 0 Å². The molecule has 0 bridgehead atoms. The third-order valence-corrected chi connectivity index (χ3v) is 2.93. The minimum atomic E-state index is -0.611. The van der Waals surface area contributed by atoms with E-state index in [9.17, 15) is 9.18 Å². The van der Waals surface area contributed by atoms with Gasteiger partial charge in [-0.3, -0.25) is 4.79 Å². The zero-order valence-corrected chi connectivity index (χ0v) is 10.8. The molecule has 0 fully saturated rings. The van der Waals surface area contributed by atoms with Crippen LogP contribution in [0.4, 0.5) is 15.9 Å². The van der Waals surface area contributed by atoms with Crippen LogP contribution in [0.25, 0.3) is 10.8 Å². The van der Waals surface area contributed by atoms with Gasteiger partial charge >= 0.3 is 0 Å². The number of aromatic nitrogens is 3. The van der Waals surface area contributed by atoms with Crippen LogP contribution < -0.4 is 10.9 Å². The van der Waals surface area contributed by atoms with Gasteiger partial charge in [-0.1, -0.05) is 0 Å². The Labute approximate surface area is 117 Å². The van der Waals surface area contributed by atoms with Gasteiger partial charge in [0.15, 0.2) is 11.6 Å². The minimum Gasteiger partial charge on any atom is -0.338 e. The van der Waals surface area contributed by atoms with Gasteiger partial charge in [-0.25, -0.2) is 9.37 Å². The van der Waals surface area contributed by atoms with Gasteiger partial charge in [-0.2, -0.15) is 4.98 Å². The number of aromatic amines is 1. The average Bonchev–Trinajstić information content (AvgIpc) is 2.43. The Hall–Kier alpha value is -2.47. The highest BCUT2D eigenvalue weighted by Crippen LogP contribution is 2.21. The molecular weight excluding hydrogens is 283 g/mol. The minimum absolute atomic E-state index is 0.0193. The number of hydrogen-bond donors (Lipinski definition) is 2. The fourth-order valence-corrected chi connectivity index (χ4v) is 1.97. The fraction of sp³-hybridized carbons (Fsp3) is 0. The Morgan fingerprint density at radius 2 is 2.15 bits per heavy atom. The first kappa shape index (κ1) is 12.6. The van der Waals surface area contributed by atoms with Crippen LogP contribution in [0.2, 0.25) is 5.28 Å². The first-order valence-electron chi connectivity index (χ1n) is 5.70. The number of nitrogens with one attached hydrogen (secondary N) is 2. The third-order valence-electron chi connectivity index (χ3n) is 2.75. The number of anilines is 2. The van der Waals surface area contributed by atoms with Crippen LogP contribution in [-0.2, 0) is 0 Å². The van der Waals surface area contributed by atoms with Crippen molar-refractivity contribution in [2.45, 2.75) is 0 Å². The summed E-state index contributed by atoms with van der Waals surface area (Å²) in [4.78, 5) is 21.5. The topological polar surface area (TPSA) is 70.7 Å². The molecule has 2 N–H and O–H groups in total. The van der Waals surface area contributed by atoms with E-state index in [0.717, 1.165) is 11.6 Å².